The highest BCUT2D eigenvalue weighted by molar-refractivity contribution is 9.10. The number of hydrogen-bond acceptors (Lipinski definition) is 3. The fraction of sp³-hybridized carbons (Fsp3) is 0.250. The smallest absolute Gasteiger partial charge is 0.195 e. The van der Waals surface area contributed by atoms with Crippen LogP contribution in [0.2, 0.25) is 0 Å². The second-order valence-electron chi connectivity index (χ2n) is 5.97. The van der Waals surface area contributed by atoms with Crippen LogP contribution in [0.1, 0.15) is 26.0 Å². The molecule has 2 aromatic carbocycles. The summed E-state index contributed by atoms with van der Waals surface area (Å²) in [5, 5.41) is 0. The molecule has 0 aliphatic heterocycles. The number of fused-ring (bicyclic) bond motifs is 3. The van der Waals surface area contributed by atoms with Crippen LogP contribution in [0.5, 0.6) is 5.75 Å². The van der Waals surface area contributed by atoms with Crippen molar-refractivity contribution >= 4 is 42.4 Å². The van der Waals surface area contributed by atoms with Crippen molar-refractivity contribution in [2.24, 2.45) is 0 Å². The minimum atomic E-state index is 0.752. The molecule has 0 fully saturated rings. The Bertz CT molecular complexity index is 1030. The van der Waals surface area contributed by atoms with Gasteiger partial charge in [-0.25, -0.2) is 4.98 Å². The molecule has 0 amide bonds. The van der Waals surface area contributed by atoms with Crippen molar-refractivity contribution < 1.29 is 4.74 Å². The standard InChI is InChI=1S/C20H19BrN2OS/c1-3-11-24-15-9-10-17-18(12-15)25-20-22-19(16(4-2)23(17)20)13-5-7-14(21)8-6-13/h5-10,12H,3-4,11H2,1-2H3. The summed E-state index contributed by atoms with van der Waals surface area (Å²) in [7, 11) is 0. The van der Waals surface area contributed by atoms with Crippen LogP contribution in [0.3, 0.4) is 0 Å². The summed E-state index contributed by atoms with van der Waals surface area (Å²) in [6.07, 6.45) is 1.95. The van der Waals surface area contributed by atoms with Gasteiger partial charge in [-0.3, -0.25) is 4.40 Å². The summed E-state index contributed by atoms with van der Waals surface area (Å²) in [6, 6.07) is 14.7. The van der Waals surface area contributed by atoms with Crippen molar-refractivity contribution in [2.45, 2.75) is 26.7 Å². The second-order valence-corrected chi connectivity index (χ2v) is 7.89. The number of rotatable bonds is 5. The van der Waals surface area contributed by atoms with Crippen LogP contribution in [0.25, 0.3) is 26.4 Å². The Morgan fingerprint density at radius 1 is 1.12 bits per heavy atom. The van der Waals surface area contributed by atoms with E-state index in [0.717, 1.165) is 45.9 Å². The molecule has 0 N–H and O–H groups in total. The molecule has 4 aromatic rings. The van der Waals surface area contributed by atoms with E-state index >= 15 is 0 Å². The highest BCUT2D eigenvalue weighted by atomic mass is 79.9. The van der Waals surface area contributed by atoms with Crippen molar-refractivity contribution in [1.82, 2.24) is 9.38 Å². The van der Waals surface area contributed by atoms with E-state index in [1.807, 2.05) is 0 Å². The Morgan fingerprint density at radius 2 is 1.92 bits per heavy atom. The molecule has 0 bridgehead atoms. The summed E-state index contributed by atoms with van der Waals surface area (Å²) in [6.45, 7) is 5.06. The quantitative estimate of drug-likeness (QED) is 0.381. The van der Waals surface area contributed by atoms with E-state index in [4.69, 9.17) is 9.72 Å². The fourth-order valence-electron chi connectivity index (χ4n) is 3.08. The molecular formula is C20H19BrN2OS. The van der Waals surface area contributed by atoms with Gasteiger partial charge >= 0.3 is 0 Å². The van der Waals surface area contributed by atoms with E-state index < -0.39 is 0 Å². The summed E-state index contributed by atoms with van der Waals surface area (Å²) >= 11 is 5.22. The molecule has 0 radical (unpaired) electrons. The summed E-state index contributed by atoms with van der Waals surface area (Å²) in [5.74, 6) is 0.935. The van der Waals surface area contributed by atoms with E-state index in [9.17, 15) is 0 Å². The Morgan fingerprint density at radius 3 is 2.64 bits per heavy atom. The molecule has 0 aliphatic carbocycles. The average Bonchev–Trinajstić information content (AvgIpc) is 3.15. The van der Waals surface area contributed by atoms with E-state index in [1.54, 1.807) is 11.3 Å². The van der Waals surface area contributed by atoms with Crippen LogP contribution in [0.4, 0.5) is 0 Å². The topological polar surface area (TPSA) is 26.5 Å². The first-order chi connectivity index (χ1) is 12.2. The molecule has 2 heterocycles. The van der Waals surface area contributed by atoms with Crippen LogP contribution >= 0.6 is 27.3 Å². The van der Waals surface area contributed by atoms with E-state index in [-0.39, 0.29) is 0 Å². The third kappa shape index (κ3) is 2.96. The number of halogens is 1. The predicted molar refractivity (Wildman–Crippen MR) is 109 cm³/mol. The Labute approximate surface area is 159 Å². The maximum atomic E-state index is 5.77. The third-order valence-electron chi connectivity index (χ3n) is 4.24. The Kier molecular flexibility index (Phi) is 4.52. The fourth-order valence-corrected chi connectivity index (χ4v) is 4.42. The van der Waals surface area contributed by atoms with Crippen molar-refractivity contribution in [1.29, 1.82) is 0 Å². The lowest BCUT2D eigenvalue weighted by Gasteiger charge is -2.05. The average molecular weight is 415 g/mol. The van der Waals surface area contributed by atoms with Gasteiger partial charge in [0.1, 0.15) is 5.75 Å². The lowest BCUT2D eigenvalue weighted by atomic mass is 10.1. The number of imidazole rings is 1. The van der Waals surface area contributed by atoms with Gasteiger partial charge in [-0.05, 0) is 43.2 Å². The minimum absolute atomic E-state index is 0.752. The number of aryl methyl sites for hydroxylation is 1. The zero-order valence-electron chi connectivity index (χ0n) is 14.3. The zero-order chi connectivity index (χ0) is 17.4. The van der Waals surface area contributed by atoms with Crippen LogP contribution in [0.15, 0.2) is 46.9 Å². The predicted octanol–water partition coefficient (Wildman–Crippen LogP) is 6.33. The maximum Gasteiger partial charge on any atom is 0.195 e. The molecule has 5 heteroatoms. The SMILES string of the molecule is CCCOc1ccc2c(c1)sc1nc(-c3ccc(Br)cc3)c(CC)n12. The number of ether oxygens (including phenoxy) is 1. The molecule has 2 aromatic heterocycles. The second kappa shape index (κ2) is 6.81. The van der Waals surface area contributed by atoms with Crippen LogP contribution in [0, 0.1) is 0 Å². The number of nitrogens with zero attached hydrogens (tertiary/aromatic N) is 2. The van der Waals surface area contributed by atoms with Crippen molar-refractivity contribution in [3.05, 3.63) is 52.6 Å². The Balaban J connectivity index is 1.86. The highest BCUT2D eigenvalue weighted by Crippen LogP contribution is 2.35. The maximum absolute atomic E-state index is 5.77. The van der Waals surface area contributed by atoms with Gasteiger partial charge in [-0.15, -0.1) is 0 Å². The highest BCUT2D eigenvalue weighted by Gasteiger charge is 2.17. The van der Waals surface area contributed by atoms with E-state index in [1.165, 1.54) is 15.9 Å². The number of hydrogen-bond donors (Lipinski definition) is 0. The summed E-state index contributed by atoms with van der Waals surface area (Å²) in [4.78, 5) is 5.98. The molecule has 3 nitrogen and oxygen atoms in total. The molecule has 0 aliphatic rings. The van der Waals surface area contributed by atoms with Crippen molar-refractivity contribution in [3.8, 4) is 17.0 Å². The first kappa shape index (κ1) is 16.6. The van der Waals surface area contributed by atoms with Crippen LogP contribution in [-0.4, -0.2) is 16.0 Å². The molecule has 4 rings (SSSR count). The minimum Gasteiger partial charge on any atom is -0.494 e. The third-order valence-corrected chi connectivity index (χ3v) is 5.77. The Hall–Kier alpha value is -1.85. The van der Waals surface area contributed by atoms with Gasteiger partial charge in [0, 0.05) is 10.0 Å². The molecule has 0 atom stereocenters. The van der Waals surface area contributed by atoms with Crippen LogP contribution < -0.4 is 4.74 Å². The molecule has 128 valence electrons. The lowest BCUT2D eigenvalue weighted by molar-refractivity contribution is 0.318. The summed E-state index contributed by atoms with van der Waals surface area (Å²) in [5.41, 5.74) is 4.70. The number of thiazole rings is 1. The molecule has 0 spiro atoms. The van der Waals surface area contributed by atoms with Gasteiger partial charge in [-0.1, -0.05) is 53.2 Å². The molecule has 0 saturated heterocycles. The normalized spacial score (nSPS) is 11.5. The number of benzene rings is 2. The van der Waals surface area contributed by atoms with Crippen LogP contribution in [-0.2, 0) is 6.42 Å². The first-order valence-electron chi connectivity index (χ1n) is 8.54. The number of aromatic nitrogens is 2. The van der Waals surface area contributed by atoms with Gasteiger partial charge in [0.25, 0.3) is 0 Å². The van der Waals surface area contributed by atoms with E-state index in [0.29, 0.717) is 0 Å². The first-order valence-corrected chi connectivity index (χ1v) is 10.1. The zero-order valence-corrected chi connectivity index (χ0v) is 16.7. The summed E-state index contributed by atoms with van der Waals surface area (Å²) < 4.78 is 10.4. The van der Waals surface area contributed by atoms with Crippen molar-refractivity contribution in [3.63, 3.8) is 0 Å². The van der Waals surface area contributed by atoms with Gasteiger partial charge in [0.15, 0.2) is 4.96 Å². The molecule has 0 unspecified atom stereocenters. The van der Waals surface area contributed by atoms with Gasteiger partial charge < -0.3 is 4.74 Å². The molecular weight excluding hydrogens is 396 g/mol. The molecule has 25 heavy (non-hydrogen) atoms. The van der Waals surface area contributed by atoms with Gasteiger partial charge in [0.2, 0.25) is 0 Å². The van der Waals surface area contributed by atoms with E-state index in [2.05, 4.69) is 76.6 Å². The van der Waals surface area contributed by atoms with Gasteiger partial charge in [-0.2, -0.15) is 0 Å². The van der Waals surface area contributed by atoms with Gasteiger partial charge in [0.05, 0.1) is 28.2 Å². The largest absolute Gasteiger partial charge is 0.494 e. The monoisotopic (exact) mass is 414 g/mol. The molecule has 0 saturated carbocycles. The lowest BCUT2D eigenvalue weighted by Crippen LogP contribution is -1.95. The van der Waals surface area contributed by atoms with Crippen molar-refractivity contribution in [2.75, 3.05) is 6.61 Å².